The van der Waals surface area contributed by atoms with Gasteiger partial charge < -0.3 is 18.9 Å². The number of hydrogen-bond donors (Lipinski definition) is 2. The standard InChI is InChI=1S/C21H21N3O4/c1-14-3-6-16(7-4-14)17-10-21(28-23-17)22-20(25)12-24(2)11-15-5-8-18-19(9-15)27-13-26-18/h3-10H,11-13H2,1-2H3,(H,22,25)/p+1. The second-order valence-electron chi connectivity index (χ2n) is 6.99. The van der Waals surface area contributed by atoms with E-state index in [-0.39, 0.29) is 12.7 Å². The topological polar surface area (TPSA) is 78.0 Å². The van der Waals surface area contributed by atoms with Crippen molar-refractivity contribution >= 4 is 11.8 Å². The van der Waals surface area contributed by atoms with Crippen molar-refractivity contribution in [2.75, 3.05) is 25.7 Å². The van der Waals surface area contributed by atoms with Gasteiger partial charge in [0.1, 0.15) is 12.2 Å². The van der Waals surface area contributed by atoms with E-state index in [4.69, 9.17) is 14.0 Å². The molecule has 1 unspecified atom stereocenters. The average molecular weight is 380 g/mol. The summed E-state index contributed by atoms with van der Waals surface area (Å²) in [4.78, 5) is 13.4. The van der Waals surface area contributed by atoms with Crippen LogP contribution in [0.25, 0.3) is 11.3 Å². The van der Waals surface area contributed by atoms with Crippen molar-refractivity contribution in [1.82, 2.24) is 5.16 Å². The van der Waals surface area contributed by atoms with Crippen LogP contribution >= 0.6 is 0 Å². The first-order valence-electron chi connectivity index (χ1n) is 9.10. The molecule has 1 aromatic heterocycles. The number of ether oxygens (including phenoxy) is 2. The Kier molecular flexibility index (Phi) is 4.99. The van der Waals surface area contributed by atoms with Crippen molar-refractivity contribution in [3.63, 3.8) is 0 Å². The fourth-order valence-electron chi connectivity index (χ4n) is 3.11. The van der Waals surface area contributed by atoms with E-state index < -0.39 is 0 Å². The van der Waals surface area contributed by atoms with E-state index in [0.717, 1.165) is 27.5 Å². The number of nitrogens with zero attached hydrogens (tertiary/aromatic N) is 1. The molecule has 0 radical (unpaired) electrons. The molecule has 7 heteroatoms. The number of rotatable bonds is 6. The zero-order chi connectivity index (χ0) is 19.5. The number of benzene rings is 2. The Balaban J connectivity index is 1.32. The SMILES string of the molecule is Cc1ccc(-c2cc(NC(=O)C[NH+](C)Cc3ccc4c(c3)OCO4)on2)cc1. The van der Waals surface area contributed by atoms with Gasteiger partial charge in [-0.15, -0.1) is 0 Å². The van der Waals surface area contributed by atoms with E-state index >= 15 is 0 Å². The number of fused-ring (bicyclic) bond motifs is 1. The van der Waals surface area contributed by atoms with Crippen LogP contribution in [0.4, 0.5) is 5.88 Å². The quantitative estimate of drug-likeness (QED) is 0.684. The van der Waals surface area contributed by atoms with E-state index in [2.05, 4.69) is 10.5 Å². The average Bonchev–Trinajstić information content (AvgIpc) is 3.31. The fraction of sp³-hybridized carbons (Fsp3) is 0.238. The van der Waals surface area contributed by atoms with Crippen molar-refractivity contribution in [2.24, 2.45) is 0 Å². The van der Waals surface area contributed by atoms with Crippen molar-refractivity contribution in [1.29, 1.82) is 0 Å². The molecule has 28 heavy (non-hydrogen) atoms. The third-order valence-corrected chi connectivity index (χ3v) is 4.53. The third kappa shape index (κ3) is 4.15. The Labute approximate surface area is 162 Å². The van der Waals surface area contributed by atoms with Gasteiger partial charge >= 0.3 is 0 Å². The minimum Gasteiger partial charge on any atom is -0.454 e. The Bertz CT molecular complexity index is 982. The summed E-state index contributed by atoms with van der Waals surface area (Å²) in [6, 6.07) is 15.5. The molecule has 3 aromatic rings. The van der Waals surface area contributed by atoms with Gasteiger partial charge in [-0.25, -0.2) is 0 Å². The number of anilines is 1. The van der Waals surface area contributed by atoms with Crippen LogP contribution in [0.5, 0.6) is 11.5 Å². The summed E-state index contributed by atoms with van der Waals surface area (Å²) in [5.41, 5.74) is 3.89. The fourth-order valence-corrected chi connectivity index (χ4v) is 3.11. The summed E-state index contributed by atoms with van der Waals surface area (Å²) < 4.78 is 16.0. The van der Waals surface area contributed by atoms with Crippen LogP contribution in [0.1, 0.15) is 11.1 Å². The molecule has 1 atom stereocenters. The van der Waals surface area contributed by atoms with E-state index in [1.807, 2.05) is 56.4 Å². The van der Waals surface area contributed by atoms with Crippen LogP contribution < -0.4 is 19.7 Å². The minimum atomic E-state index is -0.134. The number of aryl methyl sites for hydroxylation is 1. The third-order valence-electron chi connectivity index (χ3n) is 4.53. The molecule has 0 aliphatic carbocycles. The van der Waals surface area contributed by atoms with E-state index in [0.29, 0.717) is 24.7 Å². The second kappa shape index (κ2) is 7.74. The van der Waals surface area contributed by atoms with Crippen molar-refractivity contribution in [3.8, 4) is 22.8 Å². The van der Waals surface area contributed by atoms with Crippen molar-refractivity contribution < 1.29 is 23.7 Å². The van der Waals surface area contributed by atoms with Gasteiger partial charge in [0.2, 0.25) is 12.7 Å². The molecular formula is C21H22N3O4+. The highest BCUT2D eigenvalue weighted by Crippen LogP contribution is 2.32. The van der Waals surface area contributed by atoms with Gasteiger partial charge in [-0.05, 0) is 25.1 Å². The lowest BCUT2D eigenvalue weighted by Gasteiger charge is -2.13. The van der Waals surface area contributed by atoms with Gasteiger partial charge in [-0.2, -0.15) is 0 Å². The first-order valence-corrected chi connectivity index (χ1v) is 9.10. The Morgan fingerprint density at radius 2 is 1.89 bits per heavy atom. The normalized spacial score (nSPS) is 13.4. The van der Waals surface area contributed by atoms with Gasteiger partial charge in [0.25, 0.3) is 5.91 Å². The van der Waals surface area contributed by atoms with Crippen molar-refractivity contribution in [3.05, 3.63) is 59.7 Å². The molecule has 0 bridgehead atoms. The van der Waals surface area contributed by atoms with Gasteiger partial charge in [-0.3, -0.25) is 10.1 Å². The summed E-state index contributed by atoms with van der Waals surface area (Å²) in [6.45, 7) is 3.27. The number of carbonyl (C=O) groups is 1. The van der Waals surface area contributed by atoms with E-state index in [9.17, 15) is 4.79 Å². The predicted molar refractivity (Wildman–Crippen MR) is 103 cm³/mol. The van der Waals surface area contributed by atoms with E-state index in [1.54, 1.807) is 6.07 Å². The second-order valence-corrected chi connectivity index (χ2v) is 6.99. The molecule has 144 valence electrons. The molecular weight excluding hydrogens is 358 g/mol. The van der Waals surface area contributed by atoms with Crippen molar-refractivity contribution in [2.45, 2.75) is 13.5 Å². The lowest BCUT2D eigenvalue weighted by Crippen LogP contribution is -3.08. The van der Waals surface area contributed by atoms with E-state index in [1.165, 1.54) is 5.56 Å². The molecule has 1 aliphatic rings. The highest BCUT2D eigenvalue weighted by molar-refractivity contribution is 5.90. The summed E-state index contributed by atoms with van der Waals surface area (Å²) in [5, 5.41) is 6.80. The first kappa shape index (κ1) is 18.1. The van der Waals surface area contributed by atoms with Crippen LogP contribution in [0.15, 0.2) is 53.1 Å². The maximum atomic E-state index is 12.3. The van der Waals surface area contributed by atoms with Gasteiger partial charge in [-0.1, -0.05) is 35.0 Å². The smallest absolute Gasteiger partial charge is 0.281 e. The number of carbonyl (C=O) groups excluding carboxylic acids is 1. The lowest BCUT2D eigenvalue weighted by molar-refractivity contribution is -0.885. The summed E-state index contributed by atoms with van der Waals surface area (Å²) in [7, 11) is 1.96. The Hall–Kier alpha value is -3.32. The molecule has 7 nitrogen and oxygen atoms in total. The van der Waals surface area contributed by atoms with Crippen LogP contribution in [-0.2, 0) is 11.3 Å². The maximum absolute atomic E-state index is 12.3. The zero-order valence-electron chi connectivity index (χ0n) is 15.8. The molecule has 0 fully saturated rings. The Morgan fingerprint density at radius 1 is 1.11 bits per heavy atom. The molecule has 2 N–H and O–H groups in total. The van der Waals surface area contributed by atoms with Gasteiger partial charge in [0.15, 0.2) is 18.0 Å². The number of aromatic nitrogens is 1. The highest BCUT2D eigenvalue weighted by atomic mass is 16.7. The molecule has 0 spiro atoms. The highest BCUT2D eigenvalue weighted by Gasteiger charge is 2.17. The molecule has 0 saturated heterocycles. The van der Waals surface area contributed by atoms with Crippen LogP contribution in [-0.4, -0.2) is 31.4 Å². The molecule has 2 heterocycles. The molecule has 2 aromatic carbocycles. The maximum Gasteiger partial charge on any atom is 0.281 e. The Morgan fingerprint density at radius 3 is 2.71 bits per heavy atom. The molecule has 0 saturated carbocycles. The lowest BCUT2D eigenvalue weighted by atomic mass is 10.1. The van der Waals surface area contributed by atoms with Crippen LogP contribution in [0.2, 0.25) is 0 Å². The van der Waals surface area contributed by atoms with Gasteiger partial charge in [0, 0.05) is 17.2 Å². The summed E-state index contributed by atoms with van der Waals surface area (Å²) in [5.74, 6) is 1.72. The number of hydrogen-bond acceptors (Lipinski definition) is 5. The largest absolute Gasteiger partial charge is 0.454 e. The molecule has 1 aliphatic heterocycles. The number of likely N-dealkylation sites (N-methyl/N-ethyl adjacent to an activating group) is 1. The summed E-state index contributed by atoms with van der Waals surface area (Å²) >= 11 is 0. The molecule has 4 rings (SSSR count). The van der Waals surface area contributed by atoms with Crippen LogP contribution in [0, 0.1) is 6.92 Å². The number of nitrogens with one attached hydrogen (secondary N) is 2. The molecule has 1 amide bonds. The number of amides is 1. The van der Waals surface area contributed by atoms with Crippen LogP contribution in [0.3, 0.4) is 0 Å². The number of quaternary nitrogens is 1. The first-order chi connectivity index (χ1) is 13.6. The summed E-state index contributed by atoms with van der Waals surface area (Å²) in [6.07, 6.45) is 0. The zero-order valence-corrected chi connectivity index (χ0v) is 15.8. The van der Waals surface area contributed by atoms with Gasteiger partial charge in [0.05, 0.1) is 7.05 Å². The minimum absolute atomic E-state index is 0.134. The monoisotopic (exact) mass is 380 g/mol. The predicted octanol–water partition coefficient (Wildman–Crippen LogP) is 2.03.